The van der Waals surface area contributed by atoms with E-state index >= 15 is 0 Å². The highest BCUT2D eigenvalue weighted by Crippen LogP contribution is 2.41. The summed E-state index contributed by atoms with van der Waals surface area (Å²) in [4.78, 5) is 23.7. The summed E-state index contributed by atoms with van der Waals surface area (Å²) in [6, 6.07) is 5.76. The van der Waals surface area contributed by atoms with Gasteiger partial charge in [-0.1, -0.05) is 17.7 Å². The number of hydrogen-bond acceptors (Lipinski definition) is 5. The Kier molecular flexibility index (Phi) is 6.63. The second kappa shape index (κ2) is 8.49. The van der Waals surface area contributed by atoms with E-state index in [2.05, 4.69) is 5.32 Å². The van der Waals surface area contributed by atoms with Gasteiger partial charge in [0.25, 0.3) is 0 Å². The van der Waals surface area contributed by atoms with Gasteiger partial charge in [-0.15, -0.1) is 0 Å². The molecule has 0 aromatic heterocycles. The second-order valence-electron chi connectivity index (χ2n) is 5.85. The number of ether oxygens (including phenoxy) is 2. The second-order valence-corrected chi connectivity index (χ2v) is 6.28. The summed E-state index contributed by atoms with van der Waals surface area (Å²) < 4.78 is 10.1. The van der Waals surface area contributed by atoms with Crippen LogP contribution in [0.15, 0.2) is 18.2 Å². The first-order valence-electron chi connectivity index (χ1n) is 8.36. The third kappa shape index (κ3) is 4.48. The van der Waals surface area contributed by atoms with Gasteiger partial charge in [0, 0.05) is 11.6 Å². The van der Waals surface area contributed by atoms with Crippen LogP contribution in [-0.2, 0) is 31.0 Å². The Morgan fingerprint density at radius 1 is 1.21 bits per heavy atom. The van der Waals surface area contributed by atoms with Crippen LogP contribution in [0.4, 0.5) is 0 Å². The first-order valence-corrected chi connectivity index (χ1v) is 8.73. The number of carbonyl (C=O) groups excluding carboxylic acids is 2. The largest absolute Gasteiger partial charge is 0.466 e. The van der Waals surface area contributed by atoms with Crippen LogP contribution in [0.5, 0.6) is 0 Å². The molecule has 1 N–H and O–H groups in total. The summed E-state index contributed by atoms with van der Waals surface area (Å²) >= 11 is 6.16. The van der Waals surface area contributed by atoms with Crippen LogP contribution >= 0.6 is 11.6 Å². The van der Waals surface area contributed by atoms with Crippen molar-refractivity contribution in [1.82, 2.24) is 5.32 Å². The lowest BCUT2D eigenvalue weighted by Crippen LogP contribution is -2.43. The standard InChI is InChI=1S/C18H24ClNO4/c1-3-23-16(21)8-10-20-18(12-17(22)24-4-2)9-7-13-5-6-14(19)11-15(13)18/h5-6,11,20H,3-4,7-10,12H2,1-2H3. The number of aryl methyl sites for hydroxylation is 1. The molecule has 1 aliphatic rings. The molecule has 0 saturated carbocycles. The Balaban J connectivity index is 2.17. The van der Waals surface area contributed by atoms with Crippen LogP contribution in [0.2, 0.25) is 5.02 Å². The molecule has 0 aliphatic heterocycles. The van der Waals surface area contributed by atoms with Gasteiger partial charge in [0.15, 0.2) is 0 Å². The van der Waals surface area contributed by atoms with E-state index in [-0.39, 0.29) is 24.8 Å². The zero-order chi connectivity index (χ0) is 17.6. The first-order chi connectivity index (χ1) is 11.5. The number of fused-ring (bicyclic) bond motifs is 1. The zero-order valence-electron chi connectivity index (χ0n) is 14.2. The molecule has 0 heterocycles. The van der Waals surface area contributed by atoms with Crippen LogP contribution in [0.3, 0.4) is 0 Å². The van der Waals surface area contributed by atoms with Gasteiger partial charge in [-0.25, -0.2) is 0 Å². The third-order valence-electron chi connectivity index (χ3n) is 4.26. The maximum atomic E-state index is 12.1. The number of halogens is 1. The van der Waals surface area contributed by atoms with Crippen LogP contribution in [0, 0.1) is 0 Å². The molecular weight excluding hydrogens is 330 g/mol. The number of nitrogens with one attached hydrogen (secondary N) is 1. The molecule has 1 unspecified atom stereocenters. The van der Waals surface area contributed by atoms with Gasteiger partial charge in [-0.05, 0) is 49.9 Å². The molecule has 1 aromatic carbocycles. The van der Waals surface area contributed by atoms with Crippen molar-refractivity contribution < 1.29 is 19.1 Å². The molecule has 0 saturated heterocycles. The van der Waals surface area contributed by atoms with Crippen molar-refractivity contribution in [3.63, 3.8) is 0 Å². The molecule has 0 amide bonds. The predicted octanol–water partition coefficient (Wildman–Crippen LogP) is 2.98. The van der Waals surface area contributed by atoms with Crippen molar-refractivity contribution >= 4 is 23.5 Å². The van der Waals surface area contributed by atoms with Crippen molar-refractivity contribution in [2.24, 2.45) is 0 Å². The summed E-state index contributed by atoms with van der Waals surface area (Å²) in [5, 5.41) is 4.03. The van der Waals surface area contributed by atoms with E-state index in [1.807, 2.05) is 18.2 Å². The third-order valence-corrected chi connectivity index (χ3v) is 4.49. The SMILES string of the molecule is CCOC(=O)CCNC1(CC(=O)OCC)CCc2ccc(Cl)cc21. The van der Waals surface area contributed by atoms with Crippen molar-refractivity contribution in [1.29, 1.82) is 0 Å². The molecule has 1 aromatic rings. The lowest BCUT2D eigenvalue weighted by molar-refractivity contribution is -0.145. The van der Waals surface area contributed by atoms with Crippen LogP contribution in [0.1, 0.15) is 44.2 Å². The molecule has 0 spiro atoms. The van der Waals surface area contributed by atoms with Gasteiger partial charge < -0.3 is 14.8 Å². The average molecular weight is 354 g/mol. The van der Waals surface area contributed by atoms with Gasteiger partial charge in [-0.3, -0.25) is 9.59 Å². The molecule has 0 fully saturated rings. The Morgan fingerprint density at radius 3 is 2.62 bits per heavy atom. The van der Waals surface area contributed by atoms with Crippen LogP contribution in [0.25, 0.3) is 0 Å². The van der Waals surface area contributed by atoms with Crippen LogP contribution in [-0.4, -0.2) is 31.7 Å². The molecule has 24 heavy (non-hydrogen) atoms. The number of benzene rings is 1. The molecular formula is C18H24ClNO4. The Bertz CT molecular complexity index is 605. The minimum Gasteiger partial charge on any atom is -0.466 e. The van der Waals surface area contributed by atoms with Gasteiger partial charge in [0.05, 0.1) is 31.6 Å². The maximum absolute atomic E-state index is 12.1. The Hall–Kier alpha value is -1.59. The highest BCUT2D eigenvalue weighted by Gasteiger charge is 2.40. The minimum atomic E-state index is -0.543. The molecule has 6 heteroatoms. The van der Waals surface area contributed by atoms with Crippen molar-refractivity contribution in [2.45, 2.75) is 45.1 Å². The Morgan fingerprint density at radius 2 is 1.92 bits per heavy atom. The van der Waals surface area contributed by atoms with E-state index in [0.29, 0.717) is 24.8 Å². The maximum Gasteiger partial charge on any atom is 0.308 e. The van der Waals surface area contributed by atoms with E-state index in [4.69, 9.17) is 21.1 Å². The Labute approximate surface area is 147 Å². The highest BCUT2D eigenvalue weighted by molar-refractivity contribution is 6.30. The van der Waals surface area contributed by atoms with Gasteiger partial charge in [0.1, 0.15) is 0 Å². The smallest absolute Gasteiger partial charge is 0.308 e. The summed E-state index contributed by atoms with van der Waals surface area (Å²) in [6.45, 7) is 4.72. The fraction of sp³-hybridized carbons (Fsp3) is 0.556. The molecule has 0 bridgehead atoms. The fourth-order valence-corrected chi connectivity index (χ4v) is 3.39. The van der Waals surface area contributed by atoms with E-state index in [0.717, 1.165) is 18.4 Å². The van der Waals surface area contributed by atoms with Crippen molar-refractivity contribution in [3.05, 3.63) is 34.3 Å². The van der Waals surface area contributed by atoms with E-state index in [1.54, 1.807) is 13.8 Å². The number of carbonyl (C=O) groups is 2. The van der Waals surface area contributed by atoms with Crippen LogP contribution < -0.4 is 5.32 Å². The fourth-order valence-electron chi connectivity index (χ4n) is 3.22. The summed E-state index contributed by atoms with van der Waals surface area (Å²) in [5.74, 6) is -0.505. The molecule has 2 rings (SSSR count). The summed E-state index contributed by atoms with van der Waals surface area (Å²) in [6.07, 6.45) is 2.11. The van der Waals surface area contributed by atoms with Crippen molar-refractivity contribution in [3.8, 4) is 0 Å². The minimum absolute atomic E-state index is 0.219. The van der Waals surface area contributed by atoms with Gasteiger partial charge in [-0.2, -0.15) is 0 Å². The quantitative estimate of drug-likeness (QED) is 0.728. The van der Waals surface area contributed by atoms with E-state index in [9.17, 15) is 9.59 Å². The monoisotopic (exact) mass is 353 g/mol. The van der Waals surface area contributed by atoms with Crippen molar-refractivity contribution in [2.75, 3.05) is 19.8 Å². The highest BCUT2D eigenvalue weighted by atomic mass is 35.5. The first kappa shape index (κ1) is 18.7. The summed E-state index contributed by atoms with van der Waals surface area (Å²) in [7, 11) is 0. The average Bonchev–Trinajstić information content (AvgIpc) is 2.86. The number of esters is 2. The number of rotatable bonds is 8. The van der Waals surface area contributed by atoms with E-state index in [1.165, 1.54) is 5.56 Å². The molecule has 1 atom stereocenters. The summed E-state index contributed by atoms with van der Waals surface area (Å²) in [5.41, 5.74) is 1.65. The topological polar surface area (TPSA) is 64.6 Å². The molecule has 0 radical (unpaired) electrons. The molecule has 5 nitrogen and oxygen atoms in total. The lowest BCUT2D eigenvalue weighted by Gasteiger charge is -2.31. The molecule has 1 aliphatic carbocycles. The normalized spacial score (nSPS) is 19.0. The zero-order valence-corrected chi connectivity index (χ0v) is 14.9. The van der Waals surface area contributed by atoms with E-state index < -0.39 is 5.54 Å². The van der Waals surface area contributed by atoms with Gasteiger partial charge in [0.2, 0.25) is 0 Å². The predicted molar refractivity (Wildman–Crippen MR) is 92.0 cm³/mol. The molecule has 132 valence electrons. The lowest BCUT2D eigenvalue weighted by atomic mass is 9.88. The number of hydrogen-bond donors (Lipinski definition) is 1. The van der Waals surface area contributed by atoms with Gasteiger partial charge >= 0.3 is 11.9 Å².